The fourth-order valence-electron chi connectivity index (χ4n) is 6.20. The van der Waals surface area contributed by atoms with E-state index < -0.39 is 53.1 Å². The number of hydrogen-bond acceptors (Lipinski definition) is 18. The highest BCUT2D eigenvalue weighted by Crippen LogP contribution is 1.97. The van der Waals surface area contributed by atoms with Crippen LogP contribution in [0.5, 0.6) is 0 Å². The van der Waals surface area contributed by atoms with Gasteiger partial charge in [-0.3, -0.25) is 80.4 Å². The number of nitro groups is 1. The van der Waals surface area contributed by atoms with Gasteiger partial charge in [-0.05, 0) is 64.7 Å². The number of hydrazine groups is 1. The number of aliphatic hydroxyl groups excluding tert-OH is 1. The third kappa shape index (κ3) is 88.5. The van der Waals surface area contributed by atoms with E-state index in [4.69, 9.17) is 72.9 Å². The third-order valence-corrected chi connectivity index (χ3v) is 12.1. The summed E-state index contributed by atoms with van der Waals surface area (Å²) in [6.07, 6.45) is 12.0. The lowest BCUT2D eigenvalue weighted by molar-refractivity contribution is -0.547. The Morgan fingerprint density at radius 1 is 0.444 bits per heavy atom. The smallest absolute Gasteiger partial charge is 0.403 e. The second-order valence-electron chi connectivity index (χ2n) is 21.1. The number of rotatable bonds is 42. The van der Waals surface area contributed by atoms with Crippen LogP contribution < -0.4 is 171 Å². The number of guanidine groups is 4. The number of hydrogen-bond donors (Lipinski definition) is 29. The van der Waals surface area contributed by atoms with Crippen molar-refractivity contribution in [2.75, 3.05) is 79.8 Å². The highest BCUT2D eigenvalue weighted by Gasteiger charge is 2.20. The highest BCUT2D eigenvalue weighted by molar-refractivity contribution is 5.79. The molecule has 47 heteroatoms. The fourth-order valence-corrected chi connectivity index (χ4v) is 6.20. The average Bonchev–Trinajstić information content (AvgIpc) is 2.67. The number of primary amides is 3. The van der Waals surface area contributed by atoms with E-state index in [9.17, 15) is 68.6 Å². The van der Waals surface area contributed by atoms with Crippen LogP contribution in [0.25, 0.3) is 0 Å². The van der Waals surface area contributed by atoms with Crippen LogP contribution in [0.3, 0.4) is 0 Å². The number of unbranched alkanes of at least 4 members (excludes halogenated alkanes) is 2. The molecule has 4 amide bonds. The molecule has 0 heterocycles. The second-order valence-corrected chi connectivity index (χ2v) is 21.1. The van der Waals surface area contributed by atoms with Crippen LogP contribution in [0, 0.1) is 10.1 Å². The van der Waals surface area contributed by atoms with Gasteiger partial charge in [-0.1, -0.05) is 0 Å². The molecule has 0 saturated carbocycles. The number of carbonyl (C=O) groups excluding carboxylic acids is 9. The van der Waals surface area contributed by atoms with E-state index >= 15 is 0 Å². The van der Waals surface area contributed by atoms with Crippen molar-refractivity contribution in [1.29, 1.82) is 0 Å². The molecule has 0 aromatic carbocycles. The van der Waals surface area contributed by atoms with Gasteiger partial charge in [0, 0.05) is 63.3 Å². The number of methoxy groups -OCH3 is 2. The molecule has 47 nitrogen and oxygen atoms in total. The standard InChI is InChI=1S/C8H18N4O2.C7H15N5O4.C7H16N4O2.C6H15N5O.2C6H13N3O3.C6H15N3O.C6H14N2O2/c1-2-14-7(13)6(9)4-3-5-12-8(10)11;1-16-6(13)5(8)3-2-4-10-7(9)11-12(14)15;1-13-6(12)5(8)3-2-4-11-7(9)10;7-4(5(8)12)2-1-3-11-6(9)10;7-4(6(11)12)1-2-9-5(8)3-10;7-4(5(10)11)2-1-3-9-6(8)12;2*7-4-2-1-3-5(8)6(9)10/h6H,2-5,9H2,1H3,(H4,10,11,12);5H,2-4,8H2,1H3,(H3,9,10,11);5H,2-4,8H2,1H3,(H4,9,10,11);4H,1-3,7H2,(H2,8,12)(H4,9,10,11);4,10H,1-3,7H2,(H2,8,9)(H,11,12);4H,1-3,7H2,(H,10,11)(H3,8,9,12);5H,1-4,7-8H2,(H2,9,10);5H,1-4,7-8H2,(H,9,10)/p+12. The SMILES string of the molecule is CCOC(=O)C([NH3+])CCC[NH+]=C(N)N.COC(=O)C([NH3+])CCC[NH+]=C(N)N.COC(=O)C([NH3+])CCC[NH+]=C(N)N[N+](=O)[O-].NC(=O)C([NH3+])CCCC[NH3+].NC(=O)C([NH3+])CCC[NH+]=C(N)N.NC(=O)NCCCC([NH3+])C(=O)[O-].NC(CO)=[NH+]CCC([NH3+])C(=O)[O-].[NH3+]CCCCC([NH3+])C(=O)[O-]. The predicted molar refractivity (Wildman–Crippen MR) is 344 cm³/mol. The Kier molecular flexibility index (Phi) is 77.6. The number of nitrogens with one attached hydrogen (secondary N) is 7. The number of esters is 3. The topological polar surface area (TPSA) is 970 Å². The number of nitrogens with zero attached hydrogens (tertiary/aromatic N) is 1. The van der Waals surface area contributed by atoms with Gasteiger partial charge in [-0.25, -0.2) is 29.3 Å². The minimum absolute atomic E-state index is 0.135. The first-order valence-corrected chi connectivity index (χ1v) is 31.5. The summed E-state index contributed by atoms with van der Waals surface area (Å²) in [7, 11) is 2.65. The number of quaternary nitrogens is 10. The van der Waals surface area contributed by atoms with Crippen LogP contribution in [0.4, 0.5) is 4.79 Å². The summed E-state index contributed by atoms with van der Waals surface area (Å²) in [6, 6.07) is -4.23. The van der Waals surface area contributed by atoms with Crippen molar-refractivity contribution in [3.8, 4) is 0 Å². The maximum absolute atomic E-state index is 11.1. The molecule has 8 atom stereocenters. The number of nitrogens with two attached hydrogens (primary N) is 11. The molecule has 0 radical (unpaired) electrons. The van der Waals surface area contributed by atoms with E-state index in [1.165, 1.54) is 14.2 Å². The van der Waals surface area contributed by atoms with Crippen molar-refractivity contribution in [2.45, 2.75) is 164 Å². The summed E-state index contributed by atoms with van der Waals surface area (Å²) in [5, 5.41) is 50.4. The quantitative estimate of drug-likeness (QED) is 0.00513. The van der Waals surface area contributed by atoms with Crippen molar-refractivity contribution in [3.05, 3.63) is 10.1 Å². The molecule has 0 aliphatic heterocycles. The molecular weight excluding hydrogens is 1320 g/mol. The lowest BCUT2D eigenvalue weighted by Crippen LogP contribution is -2.79. The molecule has 0 aromatic rings. The summed E-state index contributed by atoms with van der Waals surface area (Å²) in [5.74, 6) is -4.33. The number of amidine groups is 1. The molecular formula is C52H131N29O18+12. The van der Waals surface area contributed by atoms with Gasteiger partial charge in [0.05, 0.1) is 84.5 Å². The Hall–Kier alpha value is -9.46. The zero-order chi connectivity index (χ0) is 78.4. The maximum Gasteiger partial charge on any atom is 0.403 e. The zero-order valence-corrected chi connectivity index (χ0v) is 58.5. The molecule has 8 unspecified atom stereocenters. The lowest BCUT2D eigenvalue weighted by Gasteiger charge is -2.08. The van der Waals surface area contributed by atoms with Gasteiger partial charge in [0.15, 0.2) is 30.2 Å². The van der Waals surface area contributed by atoms with Gasteiger partial charge in [0.2, 0.25) is 5.03 Å². The molecule has 580 valence electrons. The number of urea groups is 1. The van der Waals surface area contributed by atoms with Crippen molar-refractivity contribution >= 4 is 83.3 Å². The maximum atomic E-state index is 11.1. The first kappa shape index (κ1) is 106. The predicted octanol–water partition coefficient (Wildman–Crippen LogP) is -31.6. The first-order valence-electron chi connectivity index (χ1n) is 31.5. The summed E-state index contributed by atoms with van der Waals surface area (Å²) in [4.78, 5) is 118. The van der Waals surface area contributed by atoms with Gasteiger partial charge >= 0.3 is 47.8 Å². The summed E-state index contributed by atoms with van der Waals surface area (Å²) < 4.78 is 13.8. The summed E-state index contributed by atoms with van der Waals surface area (Å²) in [6.45, 7) is 6.78. The molecule has 0 aliphatic carbocycles. The number of aliphatic hydroxyl groups is 1. The monoisotopic (exact) mass is 1450 g/mol. The molecule has 0 aromatic heterocycles. The molecule has 0 rings (SSSR count). The van der Waals surface area contributed by atoms with Crippen molar-refractivity contribution in [1.82, 2.24) is 10.7 Å². The summed E-state index contributed by atoms with van der Waals surface area (Å²) >= 11 is 0. The van der Waals surface area contributed by atoms with Crippen molar-refractivity contribution in [2.24, 2.45) is 63.1 Å². The average molecular weight is 1450 g/mol. The number of ether oxygens (including phenoxy) is 3. The zero-order valence-electron chi connectivity index (χ0n) is 58.5. The molecule has 0 fully saturated rings. The Morgan fingerprint density at radius 3 is 1.05 bits per heavy atom. The third-order valence-electron chi connectivity index (χ3n) is 12.1. The van der Waals surface area contributed by atoms with Crippen LogP contribution in [0.15, 0.2) is 0 Å². The van der Waals surface area contributed by atoms with Gasteiger partial charge in [-0.15, -0.1) is 0 Å². The molecule has 0 saturated heterocycles. The van der Waals surface area contributed by atoms with Crippen LogP contribution >= 0.6 is 0 Å². The largest absolute Gasteiger partial charge is 0.544 e. The molecule has 99 heavy (non-hydrogen) atoms. The van der Waals surface area contributed by atoms with Gasteiger partial charge in [0.25, 0.3) is 17.6 Å². The Morgan fingerprint density at radius 2 is 0.758 bits per heavy atom. The van der Waals surface area contributed by atoms with E-state index in [0.717, 1.165) is 64.5 Å². The minimum atomic E-state index is -1.18. The number of aliphatic carboxylic acids is 3. The number of carboxylic acids is 3. The van der Waals surface area contributed by atoms with Crippen LogP contribution in [-0.2, 0) is 52.6 Å². The first-order chi connectivity index (χ1) is 46.1. The Bertz CT molecular complexity index is 2310. The number of amides is 4. The number of carboxylic acid groups (broad SMARTS) is 3. The van der Waals surface area contributed by atoms with Crippen LogP contribution in [0.2, 0.25) is 0 Å². The van der Waals surface area contributed by atoms with Gasteiger partial charge in [0.1, 0.15) is 24.7 Å². The van der Waals surface area contributed by atoms with E-state index in [0.29, 0.717) is 104 Å². The van der Waals surface area contributed by atoms with E-state index in [2.05, 4.69) is 97.1 Å². The van der Waals surface area contributed by atoms with Crippen molar-refractivity contribution < 1.29 is 165 Å². The lowest BCUT2D eigenvalue weighted by atomic mass is 10.1. The molecule has 0 aliphatic rings. The van der Waals surface area contributed by atoms with Crippen LogP contribution in [0.1, 0.15) is 116 Å². The van der Waals surface area contributed by atoms with E-state index in [-0.39, 0.29) is 90.2 Å². The van der Waals surface area contributed by atoms with E-state index in [1.54, 1.807) is 12.3 Å². The van der Waals surface area contributed by atoms with Gasteiger partial charge in [-0.2, -0.15) is 0 Å². The minimum Gasteiger partial charge on any atom is -0.544 e. The Labute approximate surface area is 575 Å². The van der Waals surface area contributed by atoms with Gasteiger partial charge < -0.3 is 129 Å². The molecule has 0 bridgehead atoms. The van der Waals surface area contributed by atoms with E-state index in [1.807, 2.05) is 0 Å². The van der Waals surface area contributed by atoms with Crippen LogP contribution in [-0.4, -0.2) is 222 Å². The highest BCUT2D eigenvalue weighted by atomic mass is 16.7. The molecule has 0 spiro atoms. The Balaban J connectivity index is -0.000000160. The second kappa shape index (κ2) is 72.8. The number of carbonyl (C=O) groups is 9. The normalized spacial score (nSPS) is 12.6. The van der Waals surface area contributed by atoms with Crippen molar-refractivity contribution in [3.63, 3.8) is 0 Å². The fraction of sp³-hybridized carbons (Fsp3) is 0.731. The molecule has 60 N–H and O–H groups in total. The summed E-state index contributed by atoms with van der Waals surface area (Å²) in [5.41, 5.74) is 93.6.